The second kappa shape index (κ2) is 7.31. The molecular weight excluding hydrogens is 346 g/mol. The number of amides is 4. The van der Waals surface area contributed by atoms with Gasteiger partial charge < -0.3 is 15.0 Å². The molecule has 2 aliphatic rings. The number of morpholine rings is 1. The van der Waals surface area contributed by atoms with Crippen LogP contribution in [0.2, 0.25) is 0 Å². The molecule has 1 aromatic rings. The monoisotopic (exact) mass is 373 g/mol. The summed E-state index contributed by atoms with van der Waals surface area (Å²) in [5, 5.41) is 2.75. The highest BCUT2D eigenvalue weighted by molar-refractivity contribution is 6.09. The maximum Gasteiger partial charge on any atom is 0.325 e. The van der Waals surface area contributed by atoms with E-state index in [1.807, 2.05) is 31.2 Å². The molecule has 0 aliphatic carbocycles. The van der Waals surface area contributed by atoms with Crippen molar-refractivity contribution in [3.63, 3.8) is 0 Å². The average Bonchev–Trinajstić information content (AvgIpc) is 2.86. The first-order valence-corrected chi connectivity index (χ1v) is 9.36. The first-order valence-electron chi connectivity index (χ1n) is 9.36. The molecule has 4 amide bonds. The van der Waals surface area contributed by atoms with Gasteiger partial charge in [0.15, 0.2) is 0 Å². The molecule has 0 unspecified atom stereocenters. The minimum Gasteiger partial charge on any atom is -0.375 e. The van der Waals surface area contributed by atoms with Crippen LogP contribution in [-0.2, 0) is 19.9 Å². The molecule has 27 heavy (non-hydrogen) atoms. The number of rotatable bonds is 4. The summed E-state index contributed by atoms with van der Waals surface area (Å²) in [7, 11) is 0. The minimum absolute atomic E-state index is 0.0458. The lowest BCUT2D eigenvalue weighted by Gasteiger charge is -2.32. The summed E-state index contributed by atoms with van der Waals surface area (Å²) >= 11 is 0. The summed E-state index contributed by atoms with van der Waals surface area (Å²) in [5.41, 5.74) is 0.707. The summed E-state index contributed by atoms with van der Waals surface area (Å²) in [6.45, 7) is 8.92. The van der Waals surface area contributed by atoms with Crippen molar-refractivity contribution in [2.45, 2.75) is 45.3 Å². The zero-order chi connectivity index (χ0) is 19.8. The van der Waals surface area contributed by atoms with Crippen molar-refractivity contribution in [3.8, 4) is 0 Å². The summed E-state index contributed by atoms with van der Waals surface area (Å²) in [6.07, 6.45) is -0.0458. The third kappa shape index (κ3) is 3.69. The smallest absolute Gasteiger partial charge is 0.325 e. The Morgan fingerprint density at radius 2 is 1.96 bits per heavy atom. The lowest BCUT2D eigenvalue weighted by atomic mass is 9.90. The Hall–Kier alpha value is -2.41. The van der Waals surface area contributed by atoms with E-state index in [-0.39, 0.29) is 18.6 Å². The molecule has 7 heteroatoms. The molecule has 1 N–H and O–H groups in total. The van der Waals surface area contributed by atoms with Crippen LogP contribution in [0.1, 0.15) is 44.7 Å². The van der Waals surface area contributed by atoms with E-state index in [2.05, 4.69) is 19.2 Å². The number of ether oxygens (including phenoxy) is 1. The highest BCUT2D eigenvalue weighted by Gasteiger charge is 2.49. The van der Waals surface area contributed by atoms with Crippen LogP contribution in [0.5, 0.6) is 0 Å². The number of carbonyl (C=O) groups is 3. The number of hydrogen-bond acceptors (Lipinski definition) is 4. The van der Waals surface area contributed by atoms with E-state index in [1.54, 1.807) is 11.8 Å². The lowest BCUT2D eigenvalue weighted by Crippen LogP contribution is -2.49. The molecule has 0 saturated carbocycles. The van der Waals surface area contributed by atoms with Crippen LogP contribution < -0.4 is 5.32 Å². The zero-order valence-electron chi connectivity index (χ0n) is 16.3. The zero-order valence-corrected chi connectivity index (χ0v) is 16.3. The van der Waals surface area contributed by atoms with Gasteiger partial charge in [0.05, 0.1) is 12.7 Å². The molecule has 0 bridgehead atoms. The largest absolute Gasteiger partial charge is 0.375 e. The van der Waals surface area contributed by atoms with Crippen LogP contribution in [0, 0.1) is 0 Å². The van der Waals surface area contributed by atoms with E-state index in [0.717, 1.165) is 10.5 Å². The van der Waals surface area contributed by atoms with Crippen LogP contribution >= 0.6 is 0 Å². The Balaban J connectivity index is 1.74. The summed E-state index contributed by atoms with van der Waals surface area (Å²) in [4.78, 5) is 40.6. The lowest BCUT2D eigenvalue weighted by molar-refractivity contribution is -0.143. The summed E-state index contributed by atoms with van der Waals surface area (Å²) < 4.78 is 5.43. The van der Waals surface area contributed by atoms with Crippen molar-refractivity contribution < 1.29 is 19.1 Å². The van der Waals surface area contributed by atoms with Crippen molar-refractivity contribution in [1.29, 1.82) is 0 Å². The van der Waals surface area contributed by atoms with Gasteiger partial charge in [0.1, 0.15) is 12.1 Å². The van der Waals surface area contributed by atoms with Crippen LogP contribution in [0.3, 0.4) is 0 Å². The minimum atomic E-state index is -1.16. The predicted octanol–water partition coefficient (Wildman–Crippen LogP) is 1.82. The van der Waals surface area contributed by atoms with E-state index < -0.39 is 17.5 Å². The molecule has 2 heterocycles. The van der Waals surface area contributed by atoms with Gasteiger partial charge in [-0.05, 0) is 30.9 Å². The normalized spacial score (nSPS) is 25.9. The molecule has 2 fully saturated rings. The Bertz CT molecular complexity index is 746. The quantitative estimate of drug-likeness (QED) is 0.817. The summed E-state index contributed by atoms with van der Waals surface area (Å²) in [5.74, 6) is -0.265. The molecule has 1 aromatic carbocycles. The summed E-state index contributed by atoms with van der Waals surface area (Å²) in [6, 6.07) is 7.12. The van der Waals surface area contributed by atoms with Crippen molar-refractivity contribution in [2.24, 2.45) is 0 Å². The number of urea groups is 1. The molecule has 3 rings (SSSR count). The molecule has 0 radical (unpaired) electrons. The predicted molar refractivity (Wildman–Crippen MR) is 100 cm³/mol. The second-order valence-corrected chi connectivity index (χ2v) is 7.74. The average molecular weight is 373 g/mol. The number of benzene rings is 1. The molecular formula is C20H27N3O4. The van der Waals surface area contributed by atoms with Gasteiger partial charge in [0.25, 0.3) is 5.91 Å². The van der Waals surface area contributed by atoms with Crippen molar-refractivity contribution in [2.75, 3.05) is 26.2 Å². The van der Waals surface area contributed by atoms with Crippen molar-refractivity contribution >= 4 is 17.8 Å². The van der Waals surface area contributed by atoms with Gasteiger partial charge in [-0.3, -0.25) is 14.5 Å². The van der Waals surface area contributed by atoms with E-state index in [1.165, 1.54) is 0 Å². The number of carbonyl (C=O) groups excluding carboxylic acids is 3. The van der Waals surface area contributed by atoms with E-state index in [4.69, 9.17) is 4.74 Å². The topological polar surface area (TPSA) is 79.0 Å². The van der Waals surface area contributed by atoms with E-state index in [0.29, 0.717) is 31.2 Å². The van der Waals surface area contributed by atoms with Crippen LogP contribution in [0.15, 0.2) is 24.3 Å². The standard InChI is InChI=1S/C20H27N3O4/c1-13(2)15-5-7-16(8-6-15)20(4)18(25)23(19(26)21-20)12-17(24)22-9-10-27-14(3)11-22/h5-8,13-14H,9-12H2,1-4H3,(H,21,26)/t14-,20+/m1/s1. The second-order valence-electron chi connectivity index (χ2n) is 7.74. The maximum atomic E-state index is 13.0. The number of nitrogens with zero attached hydrogens (tertiary/aromatic N) is 2. The number of imide groups is 1. The molecule has 2 saturated heterocycles. The van der Waals surface area contributed by atoms with Crippen LogP contribution in [-0.4, -0.2) is 60.0 Å². The highest BCUT2D eigenvalue weighted by atomic mass is 16.5. The third-order valence-corrected chi connectivity index (χ3v) is 5.32. The van der Waals surface area contributed by atoms with Crippen molar-refractivity contribution in [3.05, 3.63) is 35.4 Å². The fourth-order valence-electron chi connectivity index (χ4n) is 3.52. The van der Waals surface area contributed by atoms with Crippen LogP contribution in [0.25, 0.3) is 0 Å². The Kier molecular flexibility index (Phi) is 5.24. The molecule has 0 aromatic heterocycles. The van der Waals surface area contributed by atoms with Crippen molar-refractivity contribution in [1.82, 2.24) is 15.1 Å². The fourth-order valence-corrected chi connectivity index (χ4v) is 3.52. The molecule has 7 nitrogen and oxygen atoms in total. The van der Waals surface area contributed by atoms with E-state index in [9.17, 15) is 14.4 Å². The Labute approximate surface area is 159 Å². The number of nitrogens with one attached hydrogen (secondary N) is 1. The molecule has 2 aliphatic heterocycles. The molecule has 0 spiro atoms. The third-order valence-electron chi connectivity index (χ3n) is 5.32. The first-order chi connectivity index (χ1) is 12.7. The first kappa shape index (κ1) is 19.4. The molecule has 2 atom stereocenters. The van der Waals surface area contributed by atoms with Gasteiger partial charge >= 0.3 is 6.03 Å². The van der Waals surface area contributed by atoms with Crippen LogP contribution in [0.4, 0.5) is 4.79 Å². The maximum absolute atomic E-state index is 13.0. The van der Waals surface area contributed by atoms with Gasteiger partial charge in [-0.15, -0.1) is 0 Å². The fraction of sp³-hybridized carbons (Fsp3) is 0.550. The van der Waals surface area contributed by atoms with Gasteiger partial charge in [0.2, 0.25) is 5.91 Å². The van der Waals surface area contributed by atoms with Gasteiger partial charge in [-0.2, -0.15) is 0 Å². The van der Waals surface area contributed by atoms with Gasteiger partial charge in [-0.25, -0.2) is 4.79 Å². The SMILES string of the molecule is CC(C)c1ccc([C@]2(C)NC(=O)N(CC(=O)N3CCO[C@H](C)C3)C2=O)cc1. The van der Waals surface area contributed by atoms with Gasteiger partial charge in [0, 0.05) is 13.1 Å². The highest BCUT2D eigenvalue weighted by Crippen LogP contribution is 2.30. The van der Waals surface area contributed by atoms with E-state index >= 15 is 0 Å². The van der Waals surface area contributed by atoms with Gasteiger partial charge in [-0.1, -0.05) is 38.1 Å². The number of hydrogen-bond donors (Lipinski definition) is 1. The Morgan fingerprint density at radius 3 is 2.56 bits per heavy atom. The molecule has 146 valence electrons. The Morgan fingerprint density at radius 1 is 1.30 bits per heavy atom.